The monoisotopic (exact) mass is 230 g/mol. The van der Waals surface area contributed by atoms with E-state index < -0.39 is 18.6 Å². The summed E-state index contributed by atoms with van der Waals surface area (Å²) in [6.07, 6.45) is 1.50. The summed E-state index contributed by atoms with van der Waals surface area (Å²) in [4.78, 5) is 11.0. The van der Waals surface area contributed by atoms with Gasteiger partial charge in [0, 0.05) is 0 Å². The van der Waals surface area contributed by atoms with Gasteiger partial charge < -0.3 is 26.6 Å². The second-order valence-electron chi connectivity index (χ2n) is 4.68. The Balaban J connectivity index is 2.60. The number of carbonyl (C=O) groups is 1. The Morgan fingerprint density at radius 3 is 2.38 bits per heavy atom. The van der Waals surface area contributed by atoms with E-state index in [4.69, 9.17) is 26.6 Å². The molecular formula is C9H19BN2O4. The Morgan fingerprint density at radius 2 is 1.94 bits per heavy atom. The van der Waals surface area contributed by atoms with Crippen molar-refractivity contribution in [3.8, 4) is 0 Å². The van der Waals surface area contributed by atoms with E-state index in [1.807, 2.05) is 0 Å². The molecule has 1 saturated carbocycles. The lowest BCUT2D eigenvalue weighted by Gasteiger charge is -2.17. The highest BCUT2D eigenvalue weighted by Gasteiger charge is 2.47. The SMILES string of the molecule is NC[C@H]1C[C@@](N)(C(=O)O)C[C@@H]1CCB(O)O. The summed E-state index contributed by atoms with van der Waals surface area (Å²) in [6, 6.07) is 0. The molecule has 7 N–H and O–H groups in total. The summed E-state index contributed by atoms with van der Waals surface area (Å²) in [7, 11) is -1.35. The number of rotatable bonds is 5. The van der Waals surface area contributed by atoms with Crippen molar-refractivity contribution in [1.82, 2.24) is 0 Å². The van der Waals surface area contributed by atoms with Gasteiger partial charge in [-0.3, -0.25) is 4.79 Å². The molecule has 7 heteroatoms. The van der Waals surface area contributed by atoms with Crippen molar-refractivity contribution < 1.29 is 19.9 Å². The minimum atomic E-state index is -1.35. The smallest absolute Gasteiger partial charge is 0.451 e. The third-order valence-corrected chi connectivity index (χ3v) is 3.44. The molecule has 1 fully saturated rings. The van der Waals surface area contributed by atoms with Crippen LogP contribution in [0.15, 0.2) is 0 Å². The lowest BCUT2D eigenvalue weighted by Crippen LogP contribution is -2.45. The molecule has 0 radical (unpaired) electrons. The Labute approximate surface area is 94.8 Å². The molecule has 1 aliphatic carbocycles. The zero-order valence-electron chi connectivity index (χ0n) is 9.17. The van der Waals surface area contributed by atoms with E-state index in [-0.39, 0.29) is 18.2 Å². The molecule has 1 aliphatic rings. The van der Waals surface area contributed by atoms with Crippen LogP contribution in [0.2, 0.25) is 6.32 Å². The fourth-order valence-corrected chi connectivity index (χ4v) is 2.50. The van der Waals surface area contributed by atoms with Gasteiger partial charge in [0.2, 0.25) is 0 Å². The summed E-state index contributed by atoms with van der Waals surface area (Å²) in [6.45, 7) is 0.387. The van der Waals surface area contributed by atoms with Crippen LogP contribution in [0.25, 0.3) is 0 Å². The molecular weight excluding hydrogens is 211 g/mol. The molecule has 92 valence electrons. The number of carboxylic acids is 1. The van der Waals surface area contributed by atoms with Crippen molar-refractivity contribution in [3.63, 3.8) is 0 Å². The number of aliphatic carboxylic acids is 1. The van der Waals surface area contributed by atoms with Gasteiger partial charge in [0.25, 0.3) is 0 Å². The van der Waals surface area contributed by atoms with E-state index in [1.165, 1.54) is 0 Å². The molecule has 0 spiro atoms. The maximum atomic E-state index is 11.0. The van der Waals surface area contributed by atoms with Crippen molar-refractivity contribution in [3.05, 3.63) is 0 Å². The van der Waals surface area contributed by atoms with E-state index in [0.29, 0.717) is 25.8 Å². The fraction of sp³-hybridized carbons (Fsp3) is 0.889. The molecule has 0 saturated heterocycles. The third kappa shape index (κ3) is 2.94. The topological polar surface area (TPSA) is 130 Å². The Bertz CT molecular complexity index is 264. The summed E-state index contributed by atoms with van der Waals surface area (Å²) < 4.78 is 0. The van der Waals surface area contributed by atoms with E-state index >= 15 is 0 Å². The number of carboxylic acid groups (broad SMARTS) is 1. The van der Waals surface area contributed by atoms with Crippen LogP contribution in [0.3, 0.4) is 0 Å². The first kappa shape index (κ1) is 13.4. The minimum Gasteiger partial charge on any atom is -0.480 e. The van der Waals surface area contributed by atoms with Gasteiger partial charge in [0.15, 0.2) is 0 Å². The first-order valence-corrected chi connectivity index (χ1v) is 5.47. The number of nitrogens with two attached hydrogens (primary N) is 2. The third-order valence-electron chi connectivity index (χ3n) is 3.44. The molecule has 0 amide bonds. The average Bonchev–Trinajstić information content (AvgIpc) is 2.53. The Hall–Kier alpha value is -0.625. The predicted molar refractivity (Wildman–Crippen MR) is 59.4 cm³/mol. The zero-order chi connectivity index (χ0) is 12.3. The molecule has 0 aromatic rings. The highest BCUT2D eigenvalue weighted by atomic mass is 16.4. The summed E-state index contributed by atoms with van der Waals surface area (Å²) >= 11 is 0. The van der Waals surface area contributed by atoms with Crippen LogP contribution in [-0.4, -0.2) is 40.3 Å². The summed E-state index contributed by atoms with van der Waals surface area (Å²) in [5, 5.41) is 26.6. The fourth-order valence-electron chi connectivity index (χ4n) is 2.50. The first-order chi connectivity index (χ1) is 7.39. The second kappa shape index (κ2) is 5.14. The highest BCUT2D eigenvalue weighted by molar-refractivity contribution is 6.40. The lowest BCUT2D eigenvalue weighted by molar-refractivity contribution is -0.143. The Morgan fingerprint density at radius 1 is 1.38 bits per heavy atom. The van der Waals surface area contributed by atoms with Crippen LogP contribution in [-0.2, 0) is 4.79 Å². The van der Waals surface area contributed by atoms with E-state index in [1.54, 1.807) is 0 Å². The van der Waals surface area contributed by atoms with Gasteiger partial charge in [0.05, 0.1) is 0 Å². The summed E-state index contributed by atoms with van der Waals surface area (Å²) in [5.41, 5.74) is 10.2. The second-order valence-corrected chi connectivity index (χ2v) is 4.68. The van der Waals surface area contributed by atoms with Crippen LogP contribution < -0.4 is 11.5 Å². The van der Waals surface area contributed by atoms with Gasteiger partial charge in [-0.1, -0.05) is 6.42 Å². The van der Waals surface area contributed by atoms with Crippen molar-refractivity contribution in [2.75, 3.05) is 6.54 Å². The summed E-state index contributed by atoms with van der Waals surface area (Å²) in [5.74, 6) is -0.884. The van der Waals surface area contributed by atoms with Gasteiger partial charge in [-0.15, -0.1) is 0 Å². The van der Waals surface area contributed by atoms with E-state index in [0.717, 1.165) is 0 Å². The quantitative estimate of drug-likeness (QED) is 0.370. The lowest BCUT2D eigenvalue weighted by atomic mass is 9.78. The average molecular weight is 230 g/mol. The van der Waals surface area contributed by atoms with Crippen LogP contribution in [0.5, 0.6) is 0 Å². The minimum absolute atomic E-state index is 0.0554. The molecule has 0 unspecified atom stereocenters. The normalized spacial score (nSPS) is 34.0. The van der Waals surface area contributed by atoms with Crippen molar-refractivity contribution in [2.24, 2.45) is 23.3 Å². The van der Waals surface area contributed by atoms with Gasteiger partial charge in [-0.25, -0.2) is 0 Å². The molecule has 1 rings (SSSR count). The van der Waals surface area contributed by atoms with E-state index in [2.05, 4.69) is 0 Å². The van der Waals surface area contributed by atoms with Gasteiger partial charge in [0.1, 0.15) is 5.54 Å². The zero-order valence-corrected chi connectivity index (χ0v) is 9.17. The van der Waals surface area contributed by atoms with E-state index in [9.17, 15) is 4.79 Å². The number of hydrogen-bond donors (Lipinski definition) is 5. The largest absolute Gasteiger partial charge is 0.480 e. The predicted octanol–water partition coefficient (Wildman–Crippen LogP) is -1.38. The maximum absolute atomic E-state index is 11.0. The van der Waals surface area contributed by atoms with Gasteiger partial charge in [-0.2, -0.15) is 0 Å². The van der Waals surface area contributed by atoms with Gasteiger partial charge in [-0.05, 0) is 37.5 Å². The molecule has 0 bridgehead atoms. The van der Waals surface area contributed by atoms with Gasteiger partial charge >= 0.3 is 13.1 Å². The molecule has 0 aliphatic heterocycles. The Kier molecular flexibility index (Phi) is 4.31. The van der Waals surface area contributed by atoms with Crippen LogP contribution in [0.1, 0.15) is 19.3 Å². The molecule has 0 aromatic heterocycles. The van der Waals surface area contributed by atoms with Crippen LogP contribution in [0.4, 0.5) is 0 Å². The van der Waals surface area contributed by atoms with Crippen molar-refractivity contribution in [1.29, 1.82) is 0 Å². The van der Waals surface area contributed by atoms with Crippen molar-refractivity contribution >= 4 is 13.1 Å². The van der Waals surface area contributed by atoms with Crippen LogP contribution in [0, 0.1) is 11.8 Å². The molecule has 0 aromatic carbocycles. The molecule has 3 atom stereocenters. The number of hydrogen-bond acceptors (Lipinski definition) is 5. The standard InChI is InChI=1S/C9H19BN2O4/c11-5-7-4-9(12,8(13)14)3-6(7)1-2-10(15)16/h6-7,15-16H,1-5,11-12H2,(H,13,14)/t6-,7+,9+/m0/s1. The maximum Gasteiger partial charge on any atom is 0.451 e. The van der Waals surface area contributed by atoms with Crippen LogP contribution >= 0.6 is 0 Å². The van der Waals surface area contributed by atoms with Crippen molar-refractivity contribution in [2.45, 2.75) is 31.1 Å². The molecule has 16 heavy (non-hydrogen) atoms. The molecule has 0 heterocycles. The molecule has 6 nitrogen and oxygen atoms in total. The highest BCUT2D eigenvalue weighted by Crippen LogP contribution is 2.40. The first-order valence-electron chi connectivity index (χ1n) is 5.47.